The van der Waals surface area contributed by atoms with Crippen LogP contribution in [-0.2, 0) is 13.2 Å². The highest BCUT2D eigenvalue weighted by Crippen LogP contribution is 2.36. The Hall–Kier alpha value is -2.61. The predicted molar refractivity (Wildman–Crippen MR) is 108 cm³/mol. The fourth-order valence-electron chi connectivity index (χ4n) is 4.10. The summed E-state index contributed by atoms with van der Waals surface area (Å²) in [4.78, 5) is 2.29. The third-order valence-corrected chi connectivity index (χ3v) is 5.58. The van der Waals surface area contributed by atoms with Crippen molar-refractivity contribution in [3.63, 3.8) is 0 Å². The Bertz CT molecular complexity index is 1040. The van der Waals surface area contributed by atoms with Gasteiger partial charge in [-0.05, 0) is 57.1 Å². The summed E-state index contributed by atoms with van der Waals surface area (Å²) in [5.41, 5.74) is 2.02. The van der Waals surface area contributed by atoms with E-state index >= 15 is 0 Å². The minimum Gasteiger partial charge on any atom is -0.363 e. The molecule has 154 valence electrons. The van der Waals surface area contributed by atoms with Crippen LogP contribution in [0.25, 0.3) is 22.2 Å². The molecule has 1 aliphatic heterocycles. The zero-order valence-corrected chi connectivity index (χ0v) is 16.7. The van der Waals surface area contributed by atoms with Crippen LogP contribution in [-0.4, -0.2) is 45.8 Å². The number of alkyl halides is 3. The maximum Gasteiger partial charge on any atom is 0.416 e. The maximum absolute atomic E-state index is 13.0. The van der Waals surface area contributed by atoms with Crippen molar-refractivity contribution < 1.29 is 13.2 Å². The highest BCUT2D eigenvalue weighted by Gasteiger charge is 2.31. The molecular formula is C21H24F3N5. The lowest BCUT2D eigenvalue weighted by Gasteiger charge is -2.30. The Morgan fingerprint density at radius 1 is 1.14 bits per heavy atom. The van der Waals surface area contributed by atoms with Gasteiger partial charge in [0.2, 0.25) is 0 Å². The van der Waals surface area contributed by atoms with E-state index in [1.807, 2.05) is 23.9 Å². The molecule has 1 atom stereocenters. The molecule has 1 aromatic carbocycles. The molecule has 3 aromatic rings. The first kappa shape index (κ1) is 19.7. The molecule has 0 saturated carbocycles. The average Bonchev–Trinajstić information content (AvgIpc) is 3.04. The molecule has 0 unspecified atom stereocenters. The van der Waals surface area contributed by atoms with E-state index in [2.05, 4.69) is 27.5 Å². The summed E-state index contributed by atoms with van der Waals surface area (Å²) in [6, 6.07) is 5.98. The number of hydrogen-bond donors (Lipinski definition) is 1. The zero-order valence-electron chi connectivity index (χ0n) is 16.7. The summed E-state index contributed by atoms with van der Waals surface area (Å²) in [7, 11) is 4.04. The molecule has 2 aromatic heterocycles. The van der Waals surface area contributed by atoms with E-state index < -0.39 is 11.7 Å². The highest BCUT2D eigenvalue weighted by molar-refractivity contribution is 5.99. The van der Waals surface area contributed by atoms with Crippen LogP contribution < -0.4 is 5.32 Å². The number of likely N-dealkylation sites (tertiary alicyclic amines) is 1. The average molecular weight is 403 g/mol. The maximum atomic E-state index is 13.0. The van der Waals surface area contributed by atoms with E-state index in [0.29, 0.717) is 28.7 Å². The standard InChI is InChI=1S/C21H24F3N5/c1-13-11-14(21(22,23)24)6-7-16(13)18-17-8-10-29(3)19(17)20(27-26-18)25-15-5-4-9-28(2)12-15/h6-8,10-11,15H,4-5,9,12H2,1-3H3,(H,25,27)/t15-/m1/s1. The lowest BCUT2D eigenvalue weighted by atomic mass is 10.00. The van der Waals surface area contributed by atoms with Gasteiger partial charge in [0.25, 0.3) is 0 Å². The first-order valence-corrected chi connectivity index (χ1v) is 9.69. The minimum atomic E-state index is -4.36. The van der Waals surface area contributed by atoms with Crippen molar-refractivity contribution in [3.8, 4) is 11.3 Å². The van der Waals surface area contributed by atoms with Gasteiger partial charge < -0.3 is 14.8 Å². The first-order chi connectivity index (χ1) is 13.7. The van der Waals surface area contributed by atoms with Crippen molar-refractivity contribution in [2.75, 3.05) is 25.5 Å². The summed E-state index contributed by atoms with van der Waals surface area (Å²) in [6.07, 6.45) is -0.245. The minimum absolute atomic E-state index is 0.291. The fraction of sp³-hybridized carbons (Fsp3) is 0.429. The normalized spacial score (nSPS) is 18.3. The summed E-state index contributed by atoms with van der Waals surface area (Å²) < 4.78 is 41.0. The lowest BCUT2D eigenvalue weighted by Crippen LogP contribution is -2.40. The number of hydrogen-bond acceptors (Lipinski definition) is 4. The molecular weight excluding hydrogens is 379 g/mol. The third-order valence-electron chi connectivity index (χ3n) is 5.58. The molecule has 0 amide bonds. The van der Waals surface area contributed by atoms with Crippen LogP contribution in [0, 0.1) is 6.92 Å². The Kier molecular flexibility index (Phi) is 4.98. The number of benzene rings is 1. The quantitative estimate of drug-likeness (QED) is 0.701. The van der Waals surface area contributed by atoms with Crippen LogP contribution in [0.3, 0.4) is 0 Å². The number of likely N-dealkylation sites (N-methyl/N-ethyl adjacent to an activating group) is 1. The van der Waals surface area contributed by atoms with Gasteiger partial charge in [0.15, 0.2) is 5.82 Å². The van der Waals surface area contributed by atoms with Crippen LogP contribution in [0.4, 0.5) is 19.0 Å². The molecule has 1 aliphatic rings. The van der Waals surface area contributed by atoms with Gasteiger partial charge in [0.05, 0.1) is 11.1 Å². The Morgan fingerprint density at radius 2 is 1.93 bits per heavy atom. The van der Waals surface area contributed by atoms with Gasteiger partial charge in [-0.3, -0.25) is 0 Å². The van der Waals surface area contributed by atoms with Gasteiger partial charge >= 0.3 is 6.18 Å². The van der Waals surface area contributed by atoms with E-state index in [9.17, 15) is 13.2 Å². The van der Waals surface area contributed by atoms with Crippen molar-refractivity contribution >= 4 is 16.7 Å². The zero-order chi connectivity index (χ0) is 20.8. The molecule has 3 heterocycles. The Morgan fingerprint density at radius 3 is 2.62 bits per heavy atom. The van der Waals surface area contributed by atoms with Gasteiger partial charge in [0.1, 0.15) is 5.69 Å². The number of anilines is 1. The second kappa shape index (κ2) is 7.33. The Labute approximate surface area is 167 Å². The van der Waals surface area contributed by atoms with Crippen LogP contribution in [0.2, 0.25) is 0 Å². The van der Waals surface area contributed by atoms with E-state index in [1.165, 1.54) is 6.07 Å². The smallest absolute Gasteiger partial charge is 0.363 e. The number of halogens is 3. The van der Waals surface area contributed by atoms with Crippen molar-refractivity contribution in [2.24, 2.45) is 7.05 Å². The largest absolute Gasteiger partial charge is 0.416 e. The summed E-state index contributed by atoms with van der Waals surface area (Å²) in [5, 5.41) is 13.2. The number of aromatic nitrogens is 3. The fourth-order valence-corrected chi connectivity index (χ4v) is 4.10. The topological polar surface area (TPSA) is 46.0 Å². The van der Waals surface area contributed by atoms with Crippen LogP contribution >= 0.6 is 0 Å². The number of rotatable bonds is 3. The van der Waals surface area contributed by atoms with Gasteiger partial charge in [0, 0.05) is 36.8 Å². The van der Waals surface area contributed by atoms with Gasteiger partial charge in [-0.2, -0.15) is 13.2 Å². The second-order valence-electron chi connectivity index (χ2n) is 7.86. The molecule has 0 spiro atoms. The number of aryl methyl sites for hydroxylation is 2. The number of piperidine rings is 1. The van der Waals surface area contributed by atoms with Crippen molar-refractivity contribution in [1.82, 2.24) is 19.7 Å². The van der Waals surface area contributed by atoms with Crippen LogP contribution in [0.1, 0.15) is 24.0 Å². The van der Waals surface area contributed by atoms with E-state index in [-0.39, 0.29) is 0 Å². The predicted octanol–water partition coefficient (Wildman–Crippen LogP) is 4.47. The molecule has 4 rings (SSSR count). The van der Waals surface area contributed by atoms with Crippen LogP contribution in [0.5, 0.6) is 0 Å². The molecule has 1 fully saturated rings. The van der Waals surface area contributed by atoms with Crippen molar-refractivity contribution in [1.29, 1.82) is 0 Å². The molecule has 0 bridgehead atoms. The van der Waals surface area contributed by atoms with Gasteiger partial charge in [-0.25, -0.2) is 0 Å². The number of nitrogens with one attached hydrogen (secondary N) is 1. The molecule has 1 saturated heterocycles. The summed E-state index contributed by atoms with van der Waals surface area (Å²) in [6.45, 7) is 3.70. The lowest BCUT2D eigenvalue weighted by molar-refractivity contribution is -0.137. The van der Waals surface area contributed by atoms with Gasteiger partial charge in [-0.1, -0.05) is 6.07 Å². The van der Waals surface area contributed by atoms with E-state index in [4.69, 9.17) is 0 Å². The molecule has 0 radical (unpaired) electrons. The SMILES string of the molecule is Cc1cc(C(F)(F)F)ccc1-c1nnc(N[C@@H]2CCCN(C)C2)c2c1ccn2C. The molecule has 8 heteroatoms. The van der Waals surface area contributed by atoms with Gasteiger partial charge in [-0.15, -0.1) is 10.2 Å². The second-order valence-corrected chi connectivity index (χ2v) is 7.86. The van der Waals surface area contributed by atoms with E-state index in [0.717, 1.165) is 49.0 Å². The van der Waals surface area contributed by atoms with Crippen LogP contribution in [0.15, 0.2) is 30.5 Å². The highest BCUT2D eigenvalue weighted by atomic mass is 19.4. The molecule has 5 nitrogen and oxygen atoms in total. The molecule has 1 N–H and O–H groups in total. The first-order valence-electron chi connectivity index (χ1n) is 9.69. The van der Waals surface area contributed by atoms with Crippen molar-refractivity contribution in [2.45, 2.75) is 32.0 Å². The third kappa shape index (κ3) is 3.81. The Balaban J connectivity index is 1.74. The summed E-state index contributed by atoms with van der Waals surface area (Å²) >= 11 is 0. The number of nitrogens with zero attached hydrogens (tertiary/aromatic N) is 4. The van der Waals surface area contributed by atoms with Crippen molar-refractivity contribution in [3.05, 3.63) is 41.6 Å². The van der Waals surface area contributed by atoms with E-state index in [1.54, 1.807) is 6.92 Å². The molecule has 0 aliphatic carbocycles. The summed E-state index contributed by atoms with van der Waals surface area (Å²) in [5.74, 6) is 0.709. The monoisotopic (exact) mass is 403 g/mol. The molecule has 29 heavy (non-hydrogen) atoms. The number of fused-ring (bicyclic) bond motifs is 1.